The normalized spacial score (nSPS) is 13.4. The van der Waals surface area contributed by atoms with E-state index in [1.165, 1.54) is 0 Å². The average molecular weight is 332 g/mol. The number of benzene rings is 1. The van der Waals surface area contributed by atoms with Crippen LogP contribution >= 0.6 is 0 Å². The van der Waals surface area contributed by atoms with Crippen LogP contribution in [0.2, 0.25) is 0 Å². The molecule has 0 spiro atoms. The fourth-order valence-corrected chi connectivity index (χ4v) is 2.43. The van der Waals surface area contributed by atoms with E-state index >= 15 is 0 Å². The third kappa shape index (κ3) is 4.32. The molecular weight excluding hydrogens is 312 g/mol. The SMILES string of the molecule is NC(=O)CC[C@@H](N)C(=O)N[C@@H](Cc1c[nH]c2ccccc12)C(=O)O. The first-order valence-electron chi connectivity index (χ1n) is 7.50. The van der Waals surface area contributed by atoms with E-state index in [1.54, 1.807) is 6.20 Å². The van der Waals surface area contributed by atoms with Gasteiger partial charge in [0.1, 0.15) is 6.04 Å². The Labute approximate surface area is 138 Å². The Morgan fingerprint density at radius 1 is 1.25 bits per heavy atom. The predicted molar refractivity (Wildman–Crippen MR) is 88.0 cm³/mol. The number of carboxylic acids is 1. The molecule has 0 aliphatic rings. The highest BCUT2D eigenvalue weighted by molar-refractivity contribution is 5.88. The van der Waals surface area contributed by atoms with Crippen LogP contribution in [0.4, 0.5) is 0 Å². The minimum absolute atomic E-state index is 0.0330. The van der Waals surface area contributed by atoms with Crippen LogP contribution in [0.5, 0.6) is 0 Å². The molecule has 2 amide bonds. The molecule has 0 aliphatic carbocycles. The topological polar surface area (TPSA) is 151 Å². The first-order valence-corrected chi connectivity index (χ1v) is 7.50. The monoisotopic (exact) mass is 332 g/mol. The van der Waals surface area contributed by atoms with E-state index in [0.29, 0.717) is 0 Å². The van der Waals surface area contributed by atoms with Crippen molar-refractivity contribution in [2.24, 2.45) is 11.5 Å². The maximum Gasteiger partial charge on any atom is 0.326 e. The van der Waals surface area contributed by atoms with Crippen LogP contribution in [0.3, 0.4) is 0 Å². The Bertz CT molecular complexity index is 755. The molecule has 7 N–H and O–H groups in total. The molecule has 0 radical (unpaired) electrons. The number of carboxylic acid groups (broad SMARTS) is 1. The first kappa shape index (κ1) is 17.5. The zero-order chi connectivity index (χ0) is 17.7. The lowest BCUT2D eigenvalue weighted by Gasteiger charge is -2.17. The van der Waals surface area contributed by atoms with Crippen molar-refractivity contribution in [2.75, 3.05) is 0 Å². The maximum absolute atomic E-state index is 12.0. The molecule has 0 unspecified atom stereocenters. The quantitative estimate of drug-likeness (QED) is 0.456. The second-order valence-electron chi connectivity index (χ2n) is 5.57. The third-order valence-electron chi connectivity index (χ3n) is 3.75. The van der Waals surface area contributed by atoms with Crippen LogP contribution in [-0.2, 0) is 20.8 Å². The summed E-state index contributed by atoms with van der Waals surface area (Å²) in [4.78, 5) is 37.2. The molecule has 0 saturated carbocycles. The number of H-pyrrole nitrogens is 1. The summed E-state index contributed by atoms with van der Waals surface area (Å²) in [5.74, 6) is -2.34. The highest BCUT2D eigenvalue weighted by Crippen LogP contribution is 2.19. The number of aromatic amines is 1. The average Bonchev–Trinajstić information content (AvgIpc) is 2.94. The summed E-state index contributed by atoms with van der Waals surface area (Å²) in [6.07, 6.45) is 1.88. The minimum Gasteiger partial charge on any atom is -0.480 e. The van der Waals surface area contributed by atoms with Gasteiger partial charge in [0, 0.05) is 29.9 Å². The fraction of sp³-hybridized carbons (Fsp3) is 0.312. The van der Waals surface area contributed by atoms with Crippen molar-refractivity contribution >= 4 is 28.7 Å². The number of aliphatic carboxylic acids is 1. The molecule has 2 rings (SSSR count). The van der Waals surface area contributed by atoms with Gasteiger partial charge in [0.15, 0.2) is 0 Å². The van der Waals surface area contributed by atoms with E-state index in [-0.39, 0.29) is 19.3 Å². The number of carbonyl (C=O) groups excluding carboxylic acids is 2. The number of para-hydroxylation sites is 1. The van der Waals surface area contributed by atoms with Gasteiger partial charge in [0.2, 0.25) is 11.8 Å². The van der Waals surface area contributed by atoms with E-state index in [2.05, 4.69) is 10.3 Å². The van der Waals surface area contributed by atoms with Gasteiger partial charge in [-0.2, -0.15) is 0 Å². The van der Waals surface area contributed by atoms with E-state index in [0.717, 1.165) is 16.5 Å². The second kappa shape index (κ2) is 7.60. The van der Waals surface area contributed by atoms with Crippen LogP contribution in [0.15, 0.2) is 30.5 Å². The zero-order valence-electron chi connectivity index (χ0n) is 13.0. The molecule has 0 bridgehead atoms. The third-order valence-corrected chi connectivity index (χ3v) is 3.75. The Hall–Kier alpha value is -2.87. The number of aromatic nitrogens is 1. The van der Waals surface area contributed by atoms with E-state index < -0.39 is 29.9 Å². The smallest absolute Gasteiger partial charge is 0.326 e. The van der Waals surface area contributed by atoms with Crippen molar-refractivity contribution in [1.82, 2.24) is 10.3 Å². The molecule has 8 heteroatoms. The summed E-state index contributed by atoms with van der Waals surface area (Å²) >= 11 is 0. The summed E-state index contributed by atoms with van der Waals surface area (Å²) in [7, 11) is 0. The van der Waals surface area contributed by atoms with Gasteiger partial charge in [-0.3, -0.25) is 9.59 Å². The molecule has 128 valence electrons. The molecule has 24 heavy (non-hydrogen) atoms. The lowest BCUT2D eigenvalue weighted by atomic mass is 10.0. The number of rotatable bonds is 8. The van der Waals surface area contributed by atoms with Crippen molar-refractivity contribution in [3.8, 4) is 0 Å². The van der Waals surface area contributed by atoms with Gasteiger partial charge >= 0.3 is 5.97 Å². The van der Waals surface area contributed by atoms with Crippen LogP contribution < -0.4 is 16.8 Å². The number of carbonyl (C=O) groups is 3. The van der Waals surface area contributed by atoms with Crippen molar-refractivity contribution in [3.05, 3.63) is 36.0 Å². The fourth-order valence-electron chi connectivity index (χ4n) is 2.43. The summed E-state index contributed by atoms with van der Waals surface area (Å²) in [6, 6.07) is 5.39. The van der Waals surface area contributed by atoms with Crippen LogP contribution in [0.25, 0.3) is 10.9 Å². The molecule has 2 aromatic rings. The number of amides is 2. The number of fused-ring (bicyclic) bond motifs is 1. The van der Waals surface area contributed by atoms with Crippen molar-refractivity contribution in [3.63, 3.8) is 0 Å². The number of hydrogen-bond acceptors (Lipinski definition) is 4. The molecule has 0 fully saturated rings. The number of nitrogens with one attached hydrogen (secondary N) is 2. The largest absolute Gasteiger partial charge is 0.480 e. The zero-order valence-corrected chi connectivity index (χ0v) is 13.0. The summed E-state index contributed by atoms with van der Waals surface area (Å²) in [5.41, 5.74) is 12.3. The standard InChI is InChI=1S/C16H20N4O4/c17-11(5-6-14(18)21)15(22)20-13(16(23)24)7-9-8-19-12-4-2-1-3-10(9)12/h1-4,8,11,13,19H,5-7,17H2,(H2,18,21)(H,20,22)(H,23,24)/t11-,13+/m1/s1. The number of primary amides is 1. The first-order chi connectivity index (χ1) is 11.4. The second-order valence-corrected chi connectivity index (χ2v) is 5.57. The molecule has 1 aromatic carbocycles. The van der Waals surface area contributed by atoms with Crippen LogP contribution in [0.1, 0.15) is 18.4 Å². The van der Waals surface area contributed by atoms with Gasteiger partial charge in [0.25, 0.3) is 0 Å². The summed E-state index contributed by atoms with van der Waals surface area (Å²) < 4.78 is 0. The highest BCUT2D eigenvalue weighted by atomic mass is 16.4. The maximum atomic E-state index is 12.0. The van der Waals surface area contributed by atoms with Crippen molar-refractivity contribution in [1.29, 1.82) is 0 Å². The van der Waals surface area contributed by atoms with Crippen molar-refractivity contribution in [2.45, 2.75) is 31.3 Å². The van der Waals surface area contributed by atoms with E-state index in [4.69, 9.17) is 11.5 Å². The van der Waals surface area contributed by atoms with Gasteiger partial charge < -0.3 is 26.9 Å². The van der Waals surface area contributed by atoms with Gasteiger partial charge in [-0.1, -0.05) is 18.2 Å². The lowest BCUT2D eigenvalue weighted by molar-refractivity contribution is -0.142. The van der Waals surface area contributed by atoms with E-state index in [9.17, 15) is 19.5 Å². The van der Waals surface area contributed by atoms with E-state index in [1.807, 2.05) is 24.3 Å². The Morgan fingerprint density at radius 3 is 2.62 bits per heavy atom. The molecule has 2 atom stereocenters. The Morgan fingerprint density at radius 2 is 1.96 bits per heavy atom. The highest BCUT2D eigenvalue weighted by Gasteiger charge is 2.24. The van der Waals surface area contributed by atoms with Crippen LogP contribution in [-0.4, -0.2) is 40.0 Å². The molecule has 8 nitrogen and oxygen atoms in total. The lowest BCUT2D eigenvalue weighted by Crippen LogP contribution is -2.49. The summed E-state index contributed by atoms with van der Waals surface area (Å²) in [5, 5.41) is 12.7. The van der Waals surface area contributed by atoms with Crippen molar-refractivity contribution < 1.29 is 19.5 Å². The number of hydrogen-bond donors (Lipinski definition) is 5. The predicted octanol–water partition coefficient (Wildman–Crippen LogP) is -0.127. The van der Waals surface area contributed by atoms with Gasteiger partial charge in [-0.25, -0.2) is 4.79 Å². The number of nitrogens with two attached hydrogens (primary N) is 2. The van der Waals surface area contributed by atoms with Gasteiger partial charge in [0.05, 0.1) is 6.04 Å². The Kier molecular flexibility index (Phi) is 5.54. The molecule has 1 aromatic heterocycles. The minimum atomic E-state index is -1.16. The van der Waals surface area contributed by atoms with Gasteiger partial charge in [-0.15, -0.1) is 0 Å². The Balaban J connectivity index is 2.05. The van der Waals surface area contributed by atoms with Gasteiger partial charge in [-0.05, 0) is 18.1 Å². The molecule has 0 saturated heterocycles. The molecular formula is C16H20N4O4. The molecule has 1 heterocycles. The molecule has 0 aliphatic heterocycles. The summed E-state index contributed by atoms with van der Waals surface area (Å²) in [6.45, 7) is 0. The van der Waals surface area contributed by atoms with Crippen LogP contribution in [0, 0.1) is 0 Å².